The molecule has 2 aromatic carbocycles. The third kappa shape index (κ3) is 3.80. The normalized spacial score (nSPS) is 10.5. The average Bonchev–Trinajstić information content (AvgIpc) is 2.93. The van der Waals surface area contributed by atoms with E-state index in [4.69, 9.17) is 16.3 Å². The van der Waals surface area contributed by atoms with E-state index < -0.39 is 0 Å². The zero-order chi connectivity index (χ0) is 14.5. The third-order valence-electron chi connectivity index (χ3n) is 3.06. The van der Waals surface area contributed by atoms with Crippen molar-refractivity contribution in [2.75, 3.05) is 0 Å². The summed E-state index contributed by atoms with van der Waals surface area (Å²) < 4.78 is 10.0. The second-order valence-electron chi connectivity index (χ2n) is 4.59. The first-order valence-electron chi connectivity index (χ1n) is 6.53. The molecular formula is C16H13ClN2OS. The van der Waals surface area contributed by atoms with Crippen LogP contribution in [-0.2, 0) is 13.0 Å². The van der Waals surface area contributed by atoms with Crippen molar-refractivity contribution in [2.24, 2.45) is 0 Å². The molecule has 0 aliphatic heterocycles. The summed E-state index contributed by atoms with van der Waals surface area (Å²) in [5.41, 5.74) is 3.23. The number of ether oxygens (including phenoxy) is 1. The van der Waals surface area contributed by atoms with Gasteiger partial charge in [-0.3, -0.25) is 0 Å². The maximum Gasteiger partial charge on any atom is 0.141 e. The summed E-state index contributed by atoms with van der Waals surface area (Å²) in [6, 6.07) is 18.5. The van der Waals surface area contributed by atoms with Gasteiger partial charge in [-0.25, -0.2) is 0 Å². The molecule has 0 amide bonds. The molecule has 0 radical (unpaired) electrons. The van der Waals surface area contributed by atoms with Gasteiger partial charge in [-0.2, -0.15) is 0 Å². The predicted molar refractivity (Wildman–Crippen MR) is 84.9 cm³/mol. The number of hydrogen-bond acceptors (Lipinski definition) is 4. The number of benzene rings is 2. The fourth-order valence-electron chi connectivity index (χ4n) is 1.97. The molecule has 3 rings (SSSR count). The van der Waals surface area contributed by atoms with E-state index in [-0.39, 0.29) is 0 Å². The van der Waals surface area contributed by atoms with Crippen molar-refractivity contribution in [3.8, 4) is 5.75 Å². The molecule has 0 spiro atoms. The van der Waals surface area contributed by atoms with Gasteiger partial charge in [-0.1, -0.05) is 58.6 Å². The molecule has 1 heterocycles. The van der Waals surface area contributed by atoms with Gasteiger partial charge in [0.1, 0.15) is 22.4 Å². The molecule has 3 aromatic rings. The van der Waals surface area contributed by atoms with Crippen molar-refractivity contribution >= 4 is 23.1 Å². The lowest BCUT2D eigenvalue weighted by Gasteiger charge is -2.06. The number of halogens is 1. The molecule has 0 saturated carbocycles. The van der Waals surface area contributed by atoms with Gasteiger partial charge in [0.15, 0.2) is 0 Å². The van der Waals surface area contributed by atoms with Crippen molar-refractivity contribution in [2.45, 2.75) is 13.0 Å². The van der Waals surface area contributed by atoms with Crippen LogP contribution in [0.25, 0.3) is 0 Å². The molecule has 1 aromatic heterocycles. The molecular weight excluding hydrogens is 304 g/mol. The van der Waals surface area contributed by atoms with Gasteiger partial charge < -0.3 is 4.74 Å². The Hall–Kier alpha value is -1.91. The van der Waals surface area contributed by atoms with Crippen molar-refractivity contribution in [3.05, 3.63) is 75.8 Å². The first kappa shape index (κ1) is 14.0. The molecule has 0 fully saturated rings. The molecule has 5 heteroatoms. The zero-order valence-corrected chi connectivity index (χ0v) is 12.8. The Labute approximate surface area is 132 Å². The predicted octanol–water partition coefficient (Wildman–Crippen LogP) is 4.36. The van der Waals surface area contributed by atoms with Crippen molar-refractivity contribution in [3.63, 3.8) is 0 Å². The number of nitrogens with zero attached hydrogens (tertiary/aromatic N) is 2. The molecule has 0 bridgehead atoms. The summed E-state index contributed by atoms with van der Waals surface area (Å²) in [6.07, 6.45) is 0.920. The van der Waals surface area contributed by atoms with E-state index >= 15 is 0 Å². The number of aromatic nitrogens is 2. The second kappa shape index (κ2) is 6.70. The lowest BCUT2D eigenvalue weighted by Crippen LogP contribution is -1.97. The fourth-order valence-corrected chi connectivity index (χ4v) is 2.57. The summed E-state index contributed by atoms with van der Waals surface area (Å²) in [5, 5.41) is 3.92. The lowest BCUT2D eigenvalue weighted by molar-refractivity contribution is 0.301. The van der Waals surface area contributed by atoms with Crippen LogP contribution in [0.3, 0.4) is 0 Å². The largest absolute Gasteiger partial charge is 0.487 e. The summed E-state index contributed by atoms with van der Waals surface area (Å²) in [6.45, 7) is 0.341. The Balaban J connectivity index is 1.60. The van der Waals surface area contributed by atoms with Crippen LogP contribution in [-0.4, -0.2) is 9.59 Å². The highest BCUT2D eigenvalue weighted by atomic mass is 35.5. The standard InChI is InChI=1S/C16H13ClN2OS/c17-16-15(18-19-21-16)11-20-14-8-6-13(7-9-14)10-12-4-2-1-3-5-12/h1-9H,10-11H2. The molecule has 21 heavy (non-hydrogen) atoms. The van der Waals surface area contributed by atoms with Crippen molar-refractivity contribution < 1.29 is 4.74 Å². The molecule has 0 aliphatic carbocycles. The van der Waals surface area contributed by atoms with Crippen LogP contribution in [0.2, 0.25) is 4.34 Å². The van der Waals surface area contributed by atoms with E-state index in [0.29, 0.717) is 16.6 Å². The Morgan fingerprint density at radius 3 is 2.33 bits per heavy atom. The van der Waals surface area contributed by atoms with Gasteiger partial charge in [-0.15, -0.1) is 5.10 Å². The minimum absolute atomic E-state index is 0.341. The first-order valence-corrected chi connectivity index (χ1v) is 7.69. The Bertz CT molecular complexity index is 698. The van der Waals surface area contributed by atoms with Gasteiger partial charge in [0.2, 0.25) is 0 Å². The van der Waals surface area contributed by atoms with E-state index in [1.54, 1.807) is 0 Å². The summed E-state index contributed by atoms with van der Waals surface area (Å²) in [4.78, 5) is 0. The highest BCUT2D eigenvalue weighted by Crippen LogP contribution is 2.20. The van der Waals surface area contributed by atoms with Gasteiger partial charge in [0.25, 0.3) is 0 Å². The molecule has 0 unspecified atom stereocenters. The maximum atomic E-state index is 5.94. The highest BCUT2D eigenvalue weighted by molar-refractivity contribution is 7.10. The molecule has 0 aliphatic rings. The van der Waals surface area contributed by atoms with E-state index in [1.165, 1.54) is 22.7 Å². The Morgan fingerprint density at radius 2 is 1.67 bits per heavy atom. The minimum Gasteiger partial charge on any atom is -0.487 e. The monoisotopic (exact) mass is 316 g/mol. The first-order chi connectivity index (χ1) is 10.3. The lowest BCUT2D eigenvalue weighted by atomic mass is 10.1. The van der Waals surface area contributed by atoms with Gasteiger partial charge in [0, 0.05) is 11.5 Å². The number of hydrogen-bond donors (Lipinski definition) is 0. The smallest absolute Gasteiger partial charge is 0.141 e. The second-order valence-corrected chi connectivity index (χ2v) is 5.94. The molecule has 0 N–H and O–H groups in total. The van der Waals surface area contributed by atoms with Crippen molar-refractivity contribution in [1.29, 1.82) is 0 Å². The van der Waals surface area contributed by atoms with E-state index in [0.717, 1.165) is 12.2 Å². The maximum absolute atomic E-state index is 5.94. The Morgan fingerprint density at radius 1 is 0.952 bits per heavy atom. The molecule has 0 atom stereocenters. The molecule has 3 nitrogen and oxygen atoms in total. The number of rotatable bonds is 5. The van der Waals surface area contributed by atoms with E-state index in [2.05, 4.69) is 46.0 Å². The van der Waals surface area contributed by atoms with Gasteiger partial charge >= 0.3 is 0 Å². The summed E-state index contributed by atoms with van der Waals surface area (Å²) >= 11 is 7.10. The van der Waals surface area contributed by atoms with Crippen LogP contribution >= 0.6 is 23.1 Å². The van der Waals surface area contributed by atoms with E-state index in [9.17, 15) is 0 Å². The quantitative estimate of drug-likeness (QED) is 0.701. The molecule has 106 valence electrons. The van der Waals surface area contributed by atoms with E-state index in [1.807, 2.05) is 18.2 Å². The SMILES string of the molecule is Clc1snnc1COc1ccc(Cc2ccccc2)cc1. The molecule has 0 saturated heterocycles. The van der Waals surface area contributed by atoms with Gasteiger partial charge in [0.05, 0.1) is 0 Å². The zero-order valence-electron chi connectivity index (χ0n) is 11.2. The minimum atomic E-state index is 0.341. The van der Waals surface area contributed by atoms with Crippen LogP contribution in [0.15, 0.2) is 54.6 Å². The average molecular weight is 317 g/mol. The summed E-state index contributed by atoms with van der Waals surface area (Å²) in [7, 11) is 0. The topological polar surface area (TPSA) is 35.0 Å². The van der Waals surface area contributed by atoms with Crippen LogP contribution < -0.4 is 4.74 Å². The van der Waals surface area contributed by atoms with Crippen molar-refractivity contribution in [1.82, 2.24) is 9.59 Å². The Kier molecular flexibility index (Phi) is 4.48. The van der Waals surface area contributed by atoms with Crippen LogP contribution in [0.1, 0.15) is 16.8 Å². The van der Waals surface area contributed by atoms with Gasteiger partial charge in [-0.05, 0) is 29.7 Å². The summed E-state index contributed by atoms with van der Waals surface area (Å²) in [5.74, 6) is 0.802. The van der Waals surface area contributed by atoms with Crippen LogP contribution in [0.4, 0.5) is 0 Å². The third-order valence-corrected chi connectivity index (χ3v) is 4.04. The van der Waals surface area contributed by atoms with Crippen LogP contribution in [0, 0.1) is 0 Å². The highest BCUT2D eigenvalue weighted by Gasteiger charge is 2.06. The van der Waals surface area contributed by atoms with Crippen LogP contribution in [0.5, 0.6) is 5.75 Å². The fraction of sp³-hybridized carbons (Fsp3) is 0.125.